The van der Waals surface area contributed by atoms with E-state index in [0.29, 0.717) is 0 Å². The van der Waals surface area contributed by atoms with Crippen molar-refractivity contribution in [3.05, 3.63) is 83.3 Å². The average molecular weight is 270 g/mol. The third-order valence-electron chi connectivity index (χ3n) is 3.76. The molecule has 0 fully saturated rings. The highest BCUT2D eigenvalue weighted by molar-refractivity contribution is 5.97. The zero-order valence-corrected chi connectivity index (χ0v) is 12.2. The van der Waals surface area contributed by atoms with Crippen molar-refractivity contribution in [1.82, 2.24) is 0 Å². The zero-order chi connectivity index (χ0) is 14.7. The Bertz CT molecular complexity index is 900. The predicted molar refractivity (Wildman–Crippen MR) is 93.4 cm³/mol. The molecule has 0 N–H and O–H groups in total. The molecule has 0 saturated carbocycles. The summed E-state index contributed by atoms with van der Waals surface area (Å²) in [6, 6.07) is 21.3. The summed E-state index contributed by atoms with van der Waals surface area (Å²) in [6.07, 6.45) is 6.19. The maximum atomic E-state index is 4.27. The maximum Gasteiger partial charge on any atom is -0.00992 e. The van der Waals surface area contributed by atoms with Gasteiger partial charge in [0.2, 0.25) is 0 Å². The molecule has 3 rings (SSSR count). The molecule has 3 aromatic carbocycles. The van der Waals surface area contributed by atoms with E-state index in [1.807, 2.05) is 19.1 Å². The van der Waals surface area contributed by atoms with Crippen molar-refractivity contribution < 1.29 is 0 Å². The van der Waals surface area contributed by atoms with Crippen LogP contribution in [0.4, 0.5) is 0 Å². The van der Waals surface area contributed by atoms with E-state index in [0.717, 1.165) is 5.22 Å². The lowest BCUT2D eigenvalue weighted by Crippen LogP contribution is -2.23. The number of allylic oxidation sites excluding steroid dienone is 2. The number of benzene rings is 3. The summed E-state index contributed by atoms with van der Waals surface area (Å²) >= 11 is 0. The Hall–Kier alpha value is -2.60. The van der Waals surface area contributed by atoms with E-state index < -0.39 is 0 Å². The van der Waals surface area contributed by atoms with Gasteiger partial charge >= 0.3 is 0 Å². The summed E-state index contributed by atoms with van der Waals surface area (Å²) in [4.78, 5) is 0. The van der Waals surface area contributed by atoms with Crippen molar-refractivity contribution in [2.75, 3.05) is 0 Å². The first-order valence-corrected chi connectivity index (χ1v) is 7.20. The second-order valence-electron chi connectivity index (χ2n) is 5.09. The van der Waals surface area contributed by atoms with Gasteiger partial charge in [0.1, 0.15) is 0 Å². The van der Waals surface area contributed by atoms with Gasteiger partial charge < -0.3 is 0 Å². The van der Waals surface area contributed by atoms with Gasteiger partial charge in [-0.2, -0.15) is 0 Å². The fourth-order valence-corrected chi connectivity index (χ4v) is 2.66. The molecule has 0 nitrogen and oxygen atoms in total. The first-order chi connectivity index (χ1) is 10.3. The van der Waals surface area contributed by atoms with Gasteiger partial charge in [-0.05, 0) is 39.3 Å². The summed E-state index contributed by atoms with van der Waals surface area (Å²) < 4.78 is 0. The minimum absolute atomic E-state index is 1.09. The van der Waals surface area contributed by atoms with Crippen molar-refractivity contribution in [3.63, 3.8) is 0 Å². The summed E-state index contributed by atoms with van der Waals surface area (Å²) in [5.41, 5.74) is 2.50. The lowest BCUT2D eigenvalue weighted by atomic mass is 9.97. The molecule has 0 atom stereocenters. The number of rotatable bonds is 2. The molecular weight excluding hydrogens is 252 g/mol. The van der Waals surface area contributed by atoms with Crippen molar-refractivity contribution in [1.29, 1.82) is 0 Å². The van der Waals surface area contributed by atoms with Crippen LogP contribution in [-0.2, 0) is 0 Å². The molecule has 0 amide bonds. The molecule has 0 bridgehead atoms. The molecule has 3 aromatic rings. The van der Waals surface area contributed by atoms with E-state index in [9.17, 15) is 0 Å². The lowest BCUT2D eigenvalue weighted by Gasteiger charge is -2.07. The highest BCUT2D eigenvalue weighted by Crippen LogP contribution is 2.26. The van der Waals surface area contributed by atoms with E-state index in [2.05, 4.69) is 73.3 Å². The van der Waals surface area contributed by atoms with E-state index in [-0.39, 0.29) is 0 Å². The molecule has 0 unspecified atom stereocenters. The zero-order valence-electron chi connectivity index (χ0n) is 12.2. The Kier molecular flexibility index (Phi) is 3.70. The maximum absolute atomic E-state index is 4.27. The van der Waals surface area contributed by atoms with Crippen LogP contribution in [0.25, 0.3) is 34.6 Å². The summed E-state index contributed by atoms with van der Waals surface area (Å²) in [5.74, 6) is 0. The molecule has 0 aliphatic rings. The van der Waals surface area contributed by atoms with Crippen LogP contribution >= 0.6 is 0 Å². The van der Waals surface area contributed by atoms with Gasteiger partial charge in [0, 0.05) is 0 Å². The summed E-state index contributed by atoms with van der Waals surface area (Å²) in [5, 5.41) is 4.73. The Labute approximate surface area is 125 Å². The molecule has 0 aliphatic heterocycles. The number of hydrogen-bond donors (Lipinski definition) is 0. The molecule has 102 valence electrons. The van der Waals surface area contributed by atoms with E-state index in [1.54, 1.807) is 0 Å². The van der Waals surface area contributed by atoms with Crippen molar-refractivity contribution in [2.24, 2.45) is 0 Å². The van der Waals surface area contributed by atoms with Crippen LogP contribution < -0.4 is 10.4 Å². The van der Waals surface area contributed by atoms with E-state index in [4.69, 9.17) is 0 Å². The first-order valence-electron chi connectivity index (χ1n) is 7.20. The van der Waals surface area contributed by atoms with Gasteiger partial charge in [-0.25, -0.2) is 0 Å². The Morgan fingerprint density at radius 1 is 0.810 bits per heavy atom. The molecule has 0 radical (unpaired) electrons. The van der Waals surface area contributed by atoms with Crippen LogP contribution in [0.3, 0.4) is 0 Å². The van der Waals surface area contributed by atoms with E-state index in [1.165, 1.54) is 27.1 Å². The van der Waals surface area contributed by atoms with Gasteiger partial charge in [0.25, 0.3) is 0 Å². The molecule has 0 heterocycles. The highest BCUT2D eigenvalue weighted by Gasteiger charge is 2.03. The van der Waals surface area contributed by atoms with Crippen LogP contribution in [0, 0.1) is 0 Å². The second kappa shape index (κ2) is 5.80. The lowest BCUT2D eigenvalue weighted by molar-refractivity contribution is 1.58. The molecule has 0 saturated heterocycles. The largest absolute Gasteiger partial charge is 0.0905 e. The fraction of sp³-hybridized carbons (Fsp3) is 0.0476. The van der Waals surface area contributed by atoms with Crippen LogP contribution in [0.1, 0.15) is 6.92 Å². The quantitative estimate of drug-likeness (QED) is 0.652. The van der Waals surface area contributed by atoms with Crippen LogP contribution in [-0.4, -0.2) is 0 Å². The Morgan fingerprint density at radius 3 is 2.38 bits per heavy atom. The minimum atomic E-state index is 1.09. The normalized spacial score (nSPS) is 12.3. The number of hydrogen-bond acceptors (Lipinski definition) is 0. The van der Waals surface area contributed by atoms with Gasteiger partial charge in [-0.3, -0.25) is 0 Å². The monoisotopic (exact) mass is 270 g/mol. The Balaban J connectivity index is 2.32. The molecule has 0 spiro atoms. The third kappa shape index (κ3) is 2.53. The van der Waals surface area contributed by atoms with Crippen molar-refractivity contribution >= 4 is 23.4 Å². The van der Waals surface area contributed by atoms with Gasteiger partial charge in [0.15, 0.2) is 0 Å². The topological polar surface area (TPSA) is 0 Å². The third-order valence-corrected chi connectivity index (χ3v) is 3.76. The average Bonchev–Trinajstić information content (AvgIpc) is 2.55. The van der Waals surface area contributed by atoms with Crippen molar-refractivity contribution in [3.8, 4) is 11.1 Å². The fourth-order valence-electron chi connectivity index (χ4n) is 2.66. The first kappa shape index (κ1) is 13.4. The highest BCUT2D eigenvalue weighted by atomic mass is 14.1. The summed E-state index contributed by atoms with van der Waals surface area (Å²) in [6.45, 7) is 6.29. The van der Waals surface area contributed by atoms with Crippen molar-refractivity contribution in [2.45, 2.75) is 6.92 Å². The SMILES string of the molecule is C=c1/c(=C\C=C/C)ccc2c(-c3ccccc3)cccc12. The predicted octanol–water partition coefficient (Wildman–Crippen LogP) is 4.27. The molecular formula is C21H18. The smallest absolute Gasteiger partial charge is 0.00992 e. The standard InChI is InChI=1S/C21H18/c1-3-4-9-17-14-15-21-19(16(17)2)12-8-13-20(21)18-10-6-5-7-11-18/h3-15H,2H2,1H3/b4-3-,17-9-. The van der Waals surface area contributed by atoms with Crippen LogP contribution in [0.5, 0.6) is 0 Å². The minimum Gasteiger partial charge on any atom is -0.0905 e. The molecule has 21 heavy (non-hydrogen) atoms. The number of fused-ring (bicyclic) bond motifs is 1. The Morgan fingerprint density at radius 2 is 1.62 bits per heavy atom. The van der Waals surface area contributed by atoms with Gasteiger partial charge in [-0.15, -0.1) is 0 Å². The van der Waals surface area contributed by atoms with E-state index >= 15 is 0 Å². The summed E-state index contributed by atoms with van der Waals surface area (Å²) in [7, 11) is 0. The molecule has 0 heteroatoms. The van der Waals surface area contributed by atoms with Crippen LogP contribution in [0.2, 0.25) is 0 Å². The van der Waals surface area contributed by atoms with Gasteiger partial charge in [-0.1, -0.05) is 85.5 Å². The molecule has 0 aromatic heterocycles. The van der Waals surface area contributed by atoms with Crippen LogP contribution in [0.15, 0.2) is 72.8 Å². The van der Waals surface area contributed by atoms with Gasteiger partial charge in [0.05, 0.1) is 0 Å². The second-order valence-corrected chi connectivity index (χ2v) is 5.09. The molecule has 0 aliphatic carbocycles.